The van der Waals surface area contributed by atoms with E-state index in [2.05, 4.69) is 38.7 Å². The lowest BCUT2D eigenvalue weighted by Gasteiger charge is -2.15. The number of hydrogen-bond acceptors (Lipinski definition) is 6. The van der Waals surface area contributed by atoms with E-state index in [1.807, 2.05) is 6.07 Å². The molecule has 10 nitrogen and oxygen atoms in total. The van der Waals surface area contributed by atoms with Crippen LogP contribution in [-0.4, -0.2) is 23.8 Å². The predicted molar refractivity (Wildman–Crippen MR) is 197 cm³/mol. The van der Waals surface area contributed by atoms with E-state index in [9.17, 15) is 24.3 Å². The van der Waals surface area contributed by atoms with E-state index >= 15 is 0 Å². The number of rotatable bonds is 8. The maximum absolute atomic E-state index is 12.5. The van der Waals surface area contributed by atoms with Gasteiger partial charge >= 0.3 is 0 Å². The van der Waals surface area contributed by atoms with Crippen LogP contribution in [0.4, 0.5) is 0 Å². The summed E-state index contributed by atoms with van der Waals surface area (Å²) in [6.45, 7) is 8.55. The fourth-order valence-corrected chi connectivity index (χ4v) is 7.33. The Labute approximate surface area is 283 Å². The van der Waals surface area contributed by atoms with Crippen molar-refractivity contribution in [1.82, 2.24) is 18.7 Å². The number of aromatic amines is 1. The van der Waals surface area contributed by atoms with E-state index in [0.29, 0.717) is 16.8 Å². The van der Waals surface area contributed by atoms with Crippen LogP contribution in [0.5, 0.6) is 11.5 Å². The highest BCUT2D eigenvalue weighted by molar-refractivity contribution is 6.05. The number of hydrogen-bond donors (Lipinski definition) is 2. The number of phenolic OH excluding ortho intramolecular Hbond substituents is 1. The summed E-state index contributed by atoms with van der Waals surface area (Å²) in [7, 11) is 3.41. The third-order valence-electron chi connectivity index (χ3n) is 9.62. The fourth-order valence-electron chi connectivity index (χ4n) is 7.33. The smallest absolute Gasteiger partial charge is 0.254 e. The van der Waals surface area contributed by atoms with Crippen molar-refractivity contribution in [2.24, 2.45) is 14.1 Å². The molecule has 1 aliphatic heterocycles. The molecule has 0 saturated heterocycles. The molecule has 5 heterocycles. The maximum atomic E-state index is 12.5. The Kier molecular flexibility index (Phi) is 9.24. The molecule has 0 saturated carbocycles. The van der Waals surface area contributed by atoms with Gasteiger partial charge in [0.1, 0.15) is 0 Å². The van der Waals surface area contributed by atoms with Gasteiger partial charge in [-0.05, 0) is 60.1 Å². The van der Waals surface area contributed by atoms with Gasteiger partial charge in [-0.25, -0.2) is 0 Å². The van der Waals surface area contributed by atoms with Gasteiger partial charge in [-0.3, -0.25) is 23.7 Å². The lowest BCUT2D eigenvalue weighted by Crippen LogP contribution is -2.19. The molecule has 0 spiro atoms. The van der Waals surface area contributed by atoms with Gasteiger partial charge in [-0.15, -0.1) is 0 Å². The van der Waals surface area contributed by atoms with Crippen molar-refractivity contribution in [3.05, 3.63) is 100 Å². The number of aromatic hydroxyl groups is 1. The second kappa shape index (κ2) is 13.4. The number of nitrogens with one attached hydrogen (secondary N) is 1. The summed E-state index contributed by atoms with van der Waals surface area (Å²) in [5.74, 6) is 0.634. The van der Waals surface area contributed by atoms with Gasteiger partial charge in [0, 0.05) is 59.9 Å². The lowest BCUT2D eigenvalue weighted by atomic mass is 9.98. The molecule has 0 amide bonds. The van der Waals surface area contributed by atoms with E-state index < -0.39 is 0 Å². The number of ether oxygens (including phenoxy) is 1. The van der Waals surface area contributed by atoms with Crippen LogP contribution in [0.1, 0.15) is 75.6 Å². The summed E-state index contributed by atoms with van der Waals surface area (Å²) in [4.78, 5) is 51.8. The Hall–Kier alpha value is -5.12. The molecule has 2 N–H and O–H groups in total. The van der Waals surface area contributed by atoms with Crippen molar-refractivity contribution in [3.8, 4) is 11.5 Å². The van der Waals surface area contributed by atoms with Crippen LogP contribution in [0.2, 0.25) is 0 Å². The van der Waals surface area contributed by atoms with E-state index in [1.165, 1.54) is 4.57 Å². The van der Waals surface area contributed by atoms with Crippen molar-refractivity contribution in [2.45, 2.75) is 85.8 Å². The molecule has 0 fully saturated rings. The van der Waals surface area contributed by atoms with Crippen molar-refractivity contribution >= 4 is 43.6 Å². The van der Waals surface area contributed by atoms with Crippen molar-refractivity contribution in [1.29, 1.82) is 0 Å². The van der Waals surface area contributed by atoms with Gasteiger partial charge in [-0.1, -0.05) is 53.4 Å². The molecule has 0 radical (unpaired) electrons. The zero-order valence-electron chi connectivity index (χ0n) is 29.2. The Morgan fingerprint density at radius 1 is 0.612 bits per heavy atom. The lowest BCUT2D eigenvalue weighted by molar-refractivity contribution is 0.268. The van der Waals surface area contributed by atoms with Gasteiger partial charge < -0.3 is 24.0 Å². The van der Waals surface area contributed by atoms with Crippen LogP contribution in [0.3, 0.4) is 0 Å². The van der Waals surface area contributed by atoms with Crippen molar-refractivity contribution in [2.75, 3.05) is 0 Å². The quantitative estimate of drug-likeness (QED) is 0.189. The topological polar surface area (TPSA) is 128 Å². The Morgan fingerprint density at radius 2 is 1.06 bits per heavy atom. The second-order valence-corrected chi connectivity index (χ2v) is 13.0. The van der Waals surface area contributed by atoms with Gasteiger partial charge in [0.15, 0.2) is 18.2 Å². The minimum Gasteiger partial charge on any atom is -0.504 e. The Balaban J connectivity index is 0.000000170. The molecule has 0 aliphatic carbocycles. The third kappa shape index (κ3) is 5.72. The van der Waals surface area contributed by atoms with E-state index in [-0.39, 0.29) is 34.7 Å². The SMILES string of the molecule is CCCc1cc(=O)[nH]c2c(O)c3c(cc12)c(CCC)cc(=O)n3C.CCCc1cc(=O)n(C)c2c3c4c(cc12)c(CCC)cc(=O)n4CO3. The van der Waals surface area contributed by atoms with Crippen LogP contribution in [0.15, 0.2) is 55.6 Å². The molecule has 256 valence electrons. The first-order chi connectivity index (χ1) is 23.5. The van der Waals surface area contributed by atoms with Gasteiger partial charge in [0.05, 0.1) is 22.1 Å². The molecule has 4 aromatic heterocycles. The first-order valence-electron chi connectivity index (χ1n) is 17.3. The molecule has 6 aromatic rings. The number of fused-ring (bicyclic) bond motifs is 4. The zero-order valence-corrected chi connectivity index (χ0v) is 29.2. The maximum Gasteiger partial charge on any atom is 0.254 e. The van der Waals surface area contributed by atoms with E-state index in [1.54, 1.807) is 47.5 Å². The van der Waals surface area contributed by atoms with Gasteiger partial charge in [-0.2, -0.15) is 0 Å². The highest BCUT2D eigenvalue weighted by atomic mass is 16.5. The molecular weight excluding hydrogens is 620 g/mol. The van der Waals surface area contributed by atoms with Gasteiger partial charge in [0.25, 0.3) is 16.7 Å². The molecule has 0 bridgehead atoms. The Bertz CT molecular complexity index is 2520. The fraction of sp³-hybridized carbons (Fsp3) is 0.385. The van der Waals surface area contributed by atoms with Crippen LogP contribution in [0, 0.1) is 0 Å². The first kappa shape index (κ1) is 33.8. The van der Waals surface area contributed by atoms with Crippen molar-refractivity contribution in [3.63, 3.8) is 0 Å². The highest BCUT2D eigenvalue weighted by Crippen LogP contribution is 2.40. The third-order valence-corrected chi connectivity index (χ3v) is 9.62. The number of aromatic nitrogens is 4. The first-order valence-corrected chi connectivity index (χ1v) is 17.3. The number of H-pyrrole nitrogens is 1. The average molecular weight is 665 g/mol. The summed E-state index contributed by atoms with van der Waals surface area (Å²) in [6.07, 6.45) is 7.00. The molecule has 0 atom stereocenters. The van der Waals surface area contributed by atoms with Crippen molar-refractivity contribution < 1.29 is 9.84 Å². The van der Waals surface area contributed by atoms with Crippen LogP contribution < -0.4 is 27.0 Å². The summed E-state index contributed by atoms with van der Waals surface area (Å²) >= 11 is 0. The number of nitrogens with zero attached hydrogens (tertiary/aromatic N) is 3. The largest absolute Gasteiger partial charge is 0.504 e. The number of pyridine rings is 4. The van der Waals surface area contributed by atoms with Gasteiger partial charge in [0.2, 0.25) is 5.56 Å². The average Bonchev–Trinajstić information content (AvgIpc) is 3.52. The van der Waals surface area contributed by atoms with Crippen LogP contribution in [0.25, 0.3) is 43.6 Å². The Morgan fingerprint density at radius 3 is 1.61 bits per heavy atom. The molecule has 49 heavy (non-hydrogen) atoms. The van der Waals surface area contributed by atoms with Crippen LogP contribution in [-0.2, 0) is 46.5 Å². The summed E-state index contributed by atoms with van der Waals surface area (Å²) in [5.41, 5.74) is 5.98. The minimum absolute atomic E-state index is 0.0323. The molecular formula is C39H44N4O6. The minimum atomic E-state index is -0.240. The van der Waals surface area contributed by atoms with E-state index in [4.69, 9.17) is 4.74 Å². The predicted octanol–water partition coefficient (Wildman–Crippen LogP) is 6.10. The standard InChI is InChI=1S/C20H22N2O3.C19H22N2O3/c1-4-6-12-8-16(23)21(3)18-14(12)10-15-13(7-5-2)9-17(24)22-11-25-20(18)19(15)22;1-4-6-11-8-15(22)20-17-13(11)10-14-12(7-5-2)9-16(23)21(3)18(14)19(17)24/h8-10H,4-7,11H2,1-3H3;8-10,24H,4-7H2,1-3H3,(H,20,22). The summed E-state index contributed by atoms with van der Waals surface area (Å²) in [6, 6.07) is 10.8. The zero-order chi connectivity index (χ0) is 35.1. The molecule has 1 aliphatic rings. The molecule has 2 aromatic carbocycles. The summed E-state index contributed by atoms with van der Waals surface area (Å²) in [5, 5.41) is 14.6. The normalized spacial score (nSPS) is 12.2. The monoisotopic (exact) mass is 664 g/mol. The molecule has 7 rings (SSSR count). The number of aryl methyl sites for hydroxylation is 6. The molecule has 10 heteroatoms. The number of phenols is 1. The molecule has 0 unspecified atom stereocenters. The summed E-state index contributed by atoms with van der Waals surface area (Å²) < 4.78 is 10.7. The highest BCUT2D eigenvalue weighted by Gasteiger charge is 2.25. The second-order valence-electron chi connectivity index (χ2n) is 13.0. The van der Waals surface area contributed by atoms with Crippen LogP contribution >= 0.6 is 0 Å². The number of benzene rings is 2. The van der Waals surface area contributed by atoms with E-state index in [0.717, 1.165) is 106 Å².